The average Bonchev–Trinajstić information content (AvgIpc) is 2.88. The lowest BCUT2D eigenvalue weighted by molar-refractivity contribution is -0.973. The van der Waals surface area contributed by atoms with Crippen molar-refractivity contribution in [3.63, 3.8) is 0 Å². The van der Waals surface area contributed by atoms with Gasteiger partial charge in [0.1, 0.15) is 12.6 Å². The van der Waals surface area contributed by atoms with Crippen LogP contribution < -0.4 is 40.8 Å². The predicted octanol–water partition coefficient (Wildman–Crippen LogP) is 0.295. The largest absolute Gasteiger partial charge is 1.00 e. The van der Waals surface area contributed by atoms with Gasteiger partial charge in [-0.2, -0.15) is 0 Å². The van der Waals surface area contributed by atoms with Crippen LogP contribution in [0.5, 0.6) is 34.5 Å². The van der Waals surface area contributed by atoms with Gasteiger partial charge >= 0.3 is 0 Å². The lowest BCUT2D eigenvalue weighted by atomic mass is 9.80. The summed E-state index contributed by atoms with van der Waals surface area (Å²) in [5.74, 6) is 4.01. The lowest BCUT2D eigenvalue weighted by Gasteiger charge is -2.52. The van der Waals surface area contributed by atoms with Crippen molar-refractivity contribution in [1.29, 1.82) is 0 Å². The summed E-state index contributed by atoms with van der Waals surface area (Å²) in [6.45, 7) is 2.70. The van der Waals surface area contributed by atoms with Gasteiger partial charge in [0.15, 0.2) is 23.0 Å². The number of rotatable bonds is 9. The van der Waals surface area contributed by atoms with Crippen molar-refractivity contribution < 1.29 is 50.4 Å². The number of nitrogens with zero attached hydrogens (tertiary/aromatic N) is 1. The minimum absolute atomic E-state index is 0. The first kappa shape index (κ1) is 27.0. The van der Waals surface area contributed by atoms with Crippen LogP contribution in [0.4, 0.5) is 0 Å². The van der Waals surface area contributed by atoms with Crippen LogP contribution in [0, 0.1) is 0 Å². The van der Waals surface area contributed by atoms with Gasteiger partial charge in [0.2, 0.25) is 11.5 Å². The maximum Gasteiger partial charge on any atom is 0.203 e. The van der Waals surface area contributed by atoms with E-state index in [9.17, 15) is 5.11 Å². The number of ether oxygens (including phenoxy) is 6. The number of aliphatic hydroxyl groups is 1. The monoisotopic (exact) mass is 509 g/mol. The molecule has 0 radical (unpaired) electrons. The molecule has 0 bridgehead atoms. The van der Waals surface area contributed by atoms with E-state index in [1.54, 1.807) is 42.7 Å². The Kier molecular flexibility index (Phi) is 8.51. The van der Waals surface area contributed by atoms with Gasteiger partial charge in [-0.05, 0) is 23.3 Å². The van der Waals surface area contributed by atoms with Crippen molar-refractivity contribution in [1.82, 2.24) is 0 Å². The van der Waals surface area contributed by atoms with Crippen LogP contribution in [0.3, 0.4) is 0 Å². The molecule has 0 saturated heterocycles. The zero-order chi connectivity index (χ0) is 24.5. The normalized spacial score (nSPS) is 19.9. The molecule has 2 aliphatic heterocycles. The fraction of sp³-hybridized carbons (Fsp3) is 0.538. The molecule has 1 N–H and O–H groups in total. The first-order chi connectivity index (χ1) is 16.5. The zero-order valence-corrected chi connectivity index (χ0v) is 22.2. The van der Waals surface area contributed by atoms with Crippen molar-refractivity contribution in [2.75, 3.05) is 62.4 Å². The highest BCUT2D eigenvalue weighted by Gasteiger charge is 2.49. The number of benzene rings is 2. The fourth-order valence-corrected chi connectivity index (χ4v) is 5.94. The third kappa shape index (κ3) is 4.32. The van der Waals surface area contributed by atoms with Crippen molar-refractivity contribution in [3.8, 4) is 34.5 Å². The summed E-state index contributed by atoms with van der Waals surface area (Å²) < 4.78 is 35.3. The molecule has 0 fully saturated rings. The van der Waals surface area contributed by atoms with Gasteiger partial charge < -0.3 is 50.4 Å². The van der Waals surface area contributed by atoms with E-state index in [2.05, 4.69) is 12.1 Å². The molecular weight excluding hydrogens is 474 g/mol. The summed E-state index contributed by atoms with van der Waals surface area (Å²) in [6, 6.07) is 4.28. The molecule has 1 unspecified atom stereocenters. The van der Waals surface area contributed by atoms with Crippen LogP contribution in [-0.2, 0) is 19.4 Å². The third-order valence-corrected chi connectivity index (χ3v) is 7.45. The summed E-state index contributed by atoms with van der Waals surface area (Å²) in [5.41, 5.74) is 4.68. The van der Waals surface area contributed by atoms with Gasteiger partial charge in [0.05, 0.1) is 66.9 Å². The molecule has 2 aromatic rings. The maximum absolute atomic E-state index is 9.74. The molecule has 9 heteroatoms. The molecule has 2 atom stereocenters. The topological polar surface area (TPSA) is 75.6 Å². The van der Waals surface area contributed by atoms with Crippen LogP contribution in [-0.4, -0.2) is 71.9 Å². The molecule has 2 heterocycles. The Bertz CT molecular complexity index is 1060. The molecule has 2 aromatic carbocycles. The van der Waals surface area contributed by atoms with Gasteiger partial charge in [0.25, 0.3) is 0 Å². The van der Waals surface area contributed by atoms with E-state index in [0.717, 1.165) is 59.6 Å². The van der Waals surface area contributed by atoms with Gasteiger partial charge in [0, 0.05) is 25.9 Å². The molecule has 0 saturated carbocycles. The SMILES string of the molecule is COc1cc2c(c(OC)c1OC)C[N+]1(CCCO)CCc3cc(OC)c(OC)c(OC)c3[C@H]1C2.[Cl-]. The first-order valence-electron chi connectivity index (χ1n) is 11.6. The van der Waals surface area contributed by atoms with Crippen LogP contribution in [0.15, 0.2) is 12.1 Å². The Balaban J connectivity index is 0.00000342. The second-order valence-corrected chi connectivity index (χ2v) is 8.87. The summed E-state index contributed by atoms with van der Waals surface area (Å²) in [4.78, 5) is 0. The highest BCUT2D eigenvalue weighted by molar-refractivity contribution is 5.63. The van der Waals surface area contributed by atoms with Crippen LogP contribution in [0.1, 0.15) is 34.7 Å². The zero-order valence-electron chi connectivity index (χ0n) is 21.4. The van der Waals surface area contributed by atoms with Gasteiger partial charge in [-0.3, -0.25) is 0 Å². The Labute approximate surface area is 213 Å². The number of halogens is 1. The lowest BCUT2D eigenvalue weighted by Crippen LogP contribution is -3.00. The number of aliphatic hydroxyl groups excluding tert-OH is 1. The summed E-state index contributed by atoms with van der Waals surface area (Å²) >= 11 is 0. The summed E-state index contributed by atoms with van der Waals surface area (Å²) in [6.07, 6.45) is 2.36. The molecule has 0 amide bonds. The van der Waals surface area contributed by atoms with Crippen LogP contribution >= 0.6 is 0 Å². The van der Waals surface area contributed by atoms with Crippen LogP contribution in [0.25, 0.3) is 0 Å². The number of fused-ring (bicyclic) bond motifs is 4. The number of hydrogen-bond acceptors (Lipinski definition) is 7. The molecule has 0 aliphatic carbocycles. The standard InChI is InChI=1S/C26H36NO7.ClH/c1-29-20-13-16-8-10-27(9-7-11-28)15-18-17(14-21(30-2)24(32-4)23(18)31-3)12-19(27)22(16)26(34-6)25(20)33-5;/h13-14,19,28H,7-12,15H2,1-6H3;1H/q+1;/p-1/t19-,27?;/m1./s1. The molecular formula is C26H36ClNO7. The second kappa shape index (κ2) is 11.0. The van der Waals surface area contributed by atoms with Crippen molar-refractivity contribution in [3.05, 3.63) is 34.4 Å². The summed E-state index contributed by atoms with van der Waals surface area (Å²) in [5, 5.41) is 9.74. The predicted molar refractivity (Wildman–Crippen MR) is 128 cm³/mol. The van der Waals surface area contributed by atoms with E-state index >= 15 is 0 Å². The molecule has 0 aromatic heterocycles. The smallest absolute Gasteiger partial charge is 0.203 e. The number of quaternary nitrogens is 1. The highest BCUT2D eigenvalue weighted by Crippen LogP contribution is 2.55. The highest BCUT2D eigenvalue weighted by atomic mass is 35.5. The van der Waals surface area contributed by atoms with Crippen molar-refractivity contribution >= 4 is 0 Å². The van der Waals surface area contributed by atoms with Crippen molar-refractivity contribution in [2.24, 2.45) is 0 Å². The maximum atomic E-state index is 9.74. The van der Waals surface area contributed by atoms with Gasteiger partial charge in [-0.15, -0.1) is 0 Å². The summed E-state index contributed by atoms with van der Waals surface area (Å²) in [7, 11) is 9.93. The number of methoxy groups -OCH3 is 6. The third-order valence-electron chi connectivity index (χ3n) is 7.45. The second-order valence-electron chi connectivity index (χ2n) is 8.87. The Morgan fingerprint density at radius 2 is 1.37 bits per heavy atom. The minimum atomic E-state index is 0. The quantitative estimate of drug-likeness (QED) is 0.487. The molecule has 0 spiro atoms. The van der Waals surface area contributed by atoms with E-state index in [4.69, 9.17) is 28.4 Å². The van der Waals surface area contributed by atoms with E-state index in [-0.39, 0.29) is 25.1 Å². The minimum Gasteiger partial charge on any atom is -1.00 e. The molecule has 35 heavy (non-hydrogen) atoms. The molecule has 8 nitrogen and oxygen atoms in total. The van der Waals surface area contributed by atoms with E-state index in [0.29, 0.717) is 29.4 Å². The molecule has 4 rings (SSSR count). The Morgan fingerprint density at radius 3 is 1.91 bits per heavy atom. The Morgan fingerprint density at radius 1 is 0.800 bits per heavy atom. The van der Waals surface area contributed by atoms with Crippen LogP contribution in [0.2, 0.25) is 0 Å². The average molecular weight is 510 g/mol. The van der Waals surface area contributed by atoms with Gasteiger partial charge in [-0.25, -0.2) is 0 Å². The van der Waals surface area contributed by atoms with Gasteiger partial charge in [-0.1, -0.05) is 0 Å². The van der Waals surface area contributed by atoms with E-state index < -0.39 is 0 Å². The fourth-order valence-electron chi connectivity index (χ4n) is 5.94. The molecule has 2 aliphatic rings. The molecule has 194 valence electrons. The van der Waals surface area contributed by atoms with Crippen molar-refractivity contribution in [2.45, 2.75) is 31.8 Å². The first-order valence-corrected chi connectivity index (χ1v) is 11.6. The Hall–Kier alpha value is -2.55. The van der Waals surface area contributed by atoms with E-state index in [1.807, 2.05) is 0 Å². The van der Waals surface area contributed by atoms with E-state index in [1.165, 1.54) is 11.1 Å². The number of hydrogen-bond donors (Lipinski definition) is 1.